The van der Waals surface area contributed by atoms with E-state index in [-0.39, 0.29) is 0 Å². The van der Waals surface area contributed by atoms with Crippen molar-refractivity contribution in [3.05, 3.63) is 0 Å². The molecule has 0 aromatic heterocycles. The SMILES string of the molecule is CC(C)[C@H]1CSC(C=S)N1. The number of nitrogens with one attached hydrogen (secondary N) is 1. The quantitative estimate of drug-likeness (QED) is 0.641. The molecular weight excluding hydrogens is 162 g/mol. The Morgan fingerprint density at radius 1 is 1.70 bits per heavy atom. The van der Waals surface area contributed by atoms with Crippen molar-refractivity contribution in [2.24, 2.45) is 5.92 Å². The Hall–Kier alpha value is 0.400. The molecule has 0 aromatic carbocycles. The van der Waals surface area contributed by atoms with Crippen LogP contribution >= 0.6 is 24.0 Å². The van der Waals surface area contributed by atoms with Crippen LogP contribution in [0.15, 0.2) is 0 Å². The molecule has 0 aliphatic carbocycles. The van der Waals surface area contributed by atoms with Gasteiger partial charge in [0.25, 0.3) is 0 Å². The van der Waals surface area contributed by atoms with Crippen molar-refractivity contribution in [1.29, 1.82) is 0 Å². The molecule has 1 rings (SSSR count). The van der Waals surface area contributed by atoms with Gasteiger partial charge in [0, 0.05) is 17.2 Å². The normalized spacial score (nSPS) is 33.1. The maximum atomic E-state index is 4.84. The third-order valence-electron chi connectivity index (χ3n) is 1.76. The van der Waals surface area contributed by atoms with Crippen molar-refractivity contribution in [3.8, 4) is 0 Å². The largest absolute Gasteiger partial charge is 0.298 e. The van der Waals surface area contributed by atoms with Gasteiger partial charge in [0.2, 0.25) is 0 Å². The molecule has 0 spiro atoms. The summed E-state index contributed by atoms with van der Waals surface area (Å²) in [6.45, 7) is 4.48. The van der Waals surface area contributed by atoms with Crippen LogP contribution in [-0.4, -0.2) is 22.5 Å². The van der Waals surface area contributed by atoms with Gasteiger partial charge >= 0.3 is 0 Å². The summed E-state index contributed by atoms with van der Waals surface area (Å²) >= 11 is 6.75. The van der Waals surface area contributed by atoms with Gasteiger partial charge in [-0.2, -0.15) is 0 Å². The fourth-order valence-electron chi connectivity index (χ4n) is 0.978. The second kappa shape index (κ2) is 3.69. The lowest BCUT2D eigenvalue weighted by Crippen LogP contribution is -2.34. The molecule has 0 saturated carbocycles. The summed E-state index contributed by atoms with van der Waals surface area (Å²) in [6, 6.07) is 0.661. The van der Waals surface area contributed by atoms with Crippen LogP contribution in [0.25, 0.3) is 0 Å². The number of rotatable bonds is 2. The van der Waals surface area contributed by atoms with E-state index in [0.29, 0.717) is 11.4 Å². The van der Waals surface area contributed by atoms with Crippen molar-refractivity contribution < 1.29 is 0 Å². The Morgan fingerprint density at radius 2 is 2.40 bits per heavy atom. The fraction of sp³-hybridized carbons (Fsp3) is 0.857. The van der Waals surface area contributed by atoms with E-state index in [1.807, 2.05) is 17.1 Å². The molecule has 0 aromatic rings. The zero-order valence-electron chi connectivity index (χ0n) is 6.33. The van der Waals surface area contributed by atoms with Crippen LogP contribution in [-0.2, 0) is 0 Å². The lowest BCUT2D eigenvalue weighted by atomic mass is 10.1. The van der Waals surface area contributed by atoms with Gasteiger partial charge in [0.1, 0.15) is 0 Å². The van der Waals surface area contributed by atoms with Gasteiger partial charge in [-0.1, -0.05) is 26.1 Å². The van der Waals surface area contributed by atoms with Crippen molar-refractivity contribution >= 4 is 29.3 Å². The van der Waals surface area contributed by atoms with E-state index in [1.165, 1.54) is 5.75 Å². The molecule has 10 heavy (non-hydrogen) atoms. The number of hydrogen-bond acceptors (Lipinski definition) is 3. The minimum absolute atomic E-state index is 0.419. The van der Waals surface area contributed by atoms with Crippen molar-refractivity contribution in [2.45, 2.75) is 25.3 Å². The molecule has 1 nitrogen and oxygen atoms in total. The second-order valence-corrected chi connectivity index (χ2v) is 4.35. The number of thioether (sulfide) groups is 1. The monoisotopic (exact) mass is 175 g/mol. The average molecular weight is 175 g/mol. The molecule has 0 bridgehead atoms. The minimum atomic E-state index is 0.419. The van der Waals surface area contributed by atoms with Crippen LogP contribution < -0.4 is 5.32 Å². The first-order valence-corrected chi connectivity index (χ1v) is 5.09. The highest BCUT2D eigenvalue weighted by Gasteiger charge is 2.24. The third kappa shape index (κ3) is 1.94. The zero-order valence-corrected chi connectivity index (χ0v) is 7.97. The van der Waals surface area contributed by atoms with Crippen LogP contribution in [0, 0.1) is 5.92 Å². The Bertz CT molecular complexity index is 125. The zero-order chi connectivity index (χ0) is 7.56. The van der Waals surface area contributed by atoms with Crippen LogP contribution in [0.1, 0.15) is 13.8 Å². The number of hydrogen-bond donors (Lipinski definition) is 1. The van der Waals surface area contributed by atoms with Gasteiger partial charge in [-0.05, 0) is 5.92 Å². The van der Waals surface area contributed by atoms with E-state index in [2.05, 4.69) is 19.2 Å². The summed E-state index contributed by atoms with van der Waals surface area (Å²) in [4.78, 5) is 0. The first kappa shape index (κ1) is 8.50. The predicted molar refractivity (Wildman–Crippen MR) is 51.7 cm³/mol. The fourth-order valence-corrected chi connectivity index (χ4v) is 2.54. The maximum Gasteiger partial charge on any atom is 0.0825 e. The molecule has 0 radical (unpaired) electrons. The Balaban J connectivity index is 2.35. The van der Waals surface area contributed by atoms with Crippen LogP contribution in [0.3, 0.4) is 0 Å². The molecule has 1 N–H and O–H groups in total. The first-order valence-electron chi connectivity index (χ1n) is 3.57. The third-order valence-corrected chi connectivity index (χ3v) is 3.39. The molecule has 1 fully saturated rings. The van der Waals surface area contributed by atoms with Crippen molar-refractivity contribution in [2.75, 3.05) is 5.75 Å². The summed E-state index contributed by atoms with van der Waals surface area (Å²) < 4.78 is 0. The highest BCUT2D eigenvalue weighted by molar-refractivity contribution is 8.01. The molecule has 0 amide bonds. The van der Waals surface area contributed by atoms with Gasteiger partial charge < -0.3 is 0 Å². The van der Waals surface area contributed by atoms with Gasteiger partial charge in [-0.3, -0.25) is 5.32 Å². The number of thiocarbonyl (C=S) groups is 1. The van der Waals surface area contributed by atoms with E-state index in [0.717, 1.165) is 5.92 Å². The van der Waals surface area contributed by atoms with Gasteiger partial charge in [0.05, 0.1) is 5.37 Å². The van der Waals surface area contributed by atoms with Gasteiger partial charge in [-0.25, -0.2) is 0 Å². The molecular formula is C7H13NS2. The summed E-state index contributed by atoms with van der Waals surface area (Å²) in [5, 5.41) is 5.67. The van der Waals surface area contributed by atoms with Gasteiger partial charge in [-0.15, -0.1) is 11.8 Å². The van der Waals surface area contributed by atoms with E-state index in [4.69, 9.17) is 12.2 Å². The molecule has 1 aliphatic heterocycles. The van der Waals surface area contributed by atoms with E-state index < -0.39 is 0 Å². The average Bonchev–Trinajstić information content (AvgIpc) is 2.34. The first-order chi connectivity index (χ1) is 4.74. The topological polar surface area (TPSA) is 12.0 Å². The molecule has 1 aliphatic rings. The van der Waals surface area contributed by atoms with Crippen molar-refractivity contribution in [1.82, 2.24) is 5.32 Å². The minimum Gasteiger partial charge on any atom is -0.298 e. The van der Waals surface area contributed by atoms with Gasteiger partial charge in [0.15, 0.2) is 0 Å². The van der Waals surface area contributed by atoms with Crippen LogP contribution in [0.5, 0.6) is 0 Å². The summed E-state index contributed by atoms with van der Waals surface area (Å²) in [5.74, 6) is 1.93. The van der Waals surface area contributed by atoms with E-state index in [9.17, 15) is 0 Å². The molecule has 58 valence electrons. The van der Waals surface area contributed by atoms with Crippen LogP contribution in [0.4, 0.5) is 0 Å². The summed E-state index contributed by atoms with van der Waals surface area (Å²) in [6.07, 6.45) is 0. The van der Waals surface area contributed by atoms with Crippen LogP contribution in [0.2, 0.25) is 0 Å². The van der Waals surface area contributed by atoms with E-state index in [1.54, 1.807) is 0 Å². The standard InChI is InChI=1S/C7H13NS2/c1-5(2)6-4-10-7(3-9)8-6/h3,5-8H,4H2,1-2H3/t6-,7?/m1/s1. The lowest BCUT2D eigenvalue weighted by Gasteiger charge is -2.13. The Morgan fingerprint density at radius 3 is 2.70 bits per heavy atom. The maximum absolute atomic E-state index is 4.84. The lowest BCUT2D eigenvalue weighted by molar-refractivity contribution is 0.464. The Kier molecular flexibility index (Phi) is 3.14. The highest BCUT2D eigenvalue weighted by Crippen LogP contribution is 2.21. The Labute approximate surface area is 72.0 Å². The molecule has 1 unspecified atom stereocenters. The highest BCUT2D eigenvalue weighted by atomic mass is 32.2. The second-order valence-electron chi connectivity index (χ2n) is 2.91. The molecule has 2 atom stereocenters. The molecule has 1 saturated heterocycles. The van der Waals surface area contributed by atoms with E-state index >= 15 is 0 Å². The molecule has 1 heterocycles. The van der Waals surface area contributed by atoms with Crippen molar-refractivity contribution in [3.63, 3.8) is 0 Å². The smallest absolute Gasteiger partial charge is 0.0825 e. The molecule has 3 heteroatoms. The summed E-state index contributed by atoms with van der Waals surface area (Å²) in [7, 11) is 0. The predicted octanol–water partition coefficient (Wildman–Crippen LogP) is 1.67. The summed E-state index contributed by atoms with van der Waals surface area (Å²) in [5.41, 5.74) is 0.